The SMILES string of the molecule is COCc1cnn(-c2cc(C(F)(F)F)cc(C)n2)c1C(C)=O. The van der Waals surface area contributed by atoms with Crippen molar-refractivity contribution in [2.75, 3.05) is 7.11 Å². The summed E-state index contributed by atoms with van der Waals surface area (Å²) < 4.78 is 44.8. The van der Waals surface area contributed by atoms with Crippen LogP contribution >= 0.6 is 0 Å². The van der Waals surface area contributed by atoms with Crippen molar-refractivity contribution in [2.45, 2.75) is 26.6 Å². The number of alkyl halides is 3. The molecule has 2 aromatic heterocycles. The number of halogens is 3. The predicted molar refractivity (Wildman–Crippen MR) is 71.8 cm³/mol. The lowest BCUT2D eigenvalue weighted by Gasteiger charge is -2.11. The Morgan fingerprint density at radius 1 is 1.36 bits per heavy atom. The predicted octanol–water partition coefficient (Wildman–Crippen LogP) is 2.94. The fraction of sp³-hybridized carbons (Fsp3) is 0.357. The lowest BCUT2D eigenvalue weighted by atomic mass is 10.2. The fourth-order valence-electron chi connectivity index (χ4n) is 2.12. The van der Waals surface area contributed by atoms with Crippen molar-refractivity contribution in [1.29, 1.82) is 0 Å². The van der Waals surface area contributed by atoms with Crippen molar-refractivity contribution in [1.82, 2.24) is 14.8 Å². The zero-order chi connectivity index (χ0) is 16.5. The third-order valence-corrected chi connectivity index (χ3v) is 2.96. The van der Waals surface area contributed by atoms with Gasteiger partial charge in [0.05, 0.1) is 18.4 Å². The molecule has 0 aromatic carbocycles. The van der Waals surface area contributed by atoms with Crippen LogP contribution in [0, 0.1) is 6.92 Å². The second kappa shape index (κ2) is 5.88. The Morgan fingerprint density at radius 3 is 2.59 bits per heavy atom. The Bertz CT molecular complexity index is 708. The molecule has 22 heavy (non-hydrogen) atoms. The number of hydrogen-bond acceptors (Lipinski definition) is 4. The normalized spacial score (nSPS) is 11.7. The standard InChI is InChI=1S/C14H14F3N3O2/c1-8-4-11(14(15,16)17)5-12(19-8)20-13(9(2)21)10(6-18-20)7-22-3/h4-6H,7H2,1-3H3. The molecule has 2 aromatic rings. The van der Waals surface area contributed by atoms with Crippen LogP contribution in [0.2, 0.25) is 0 Å². The molecular formula is C14H14F3N3O2. The van der Waals surface area contributed by atoms with Crippen molar-refractivity contribution >= 4 is 5.78 Å². The number of carbonyl (C=O) groups is 1. The number of aryl methyl sites for hydroxylation is 1. The molecule has 0 atom stereocenters. The lowest BCUT2D eigenvalue weighted by Crippen LogP contribution is -2.13. The van der Waals surface area contributed by atoms with Crippen LogP contribution in [0.3, 0.4) is 0 Å². The number of Topliss-reactive ketones (excluding diaryl/α,β-unsaturated/α-hetero) is 1. The van der Waals surface area contributed by atoms with Crippen molar-refractivity contribution < 1.29 is 22.7 Å². The highest BCUT2D eigenvalue weighted by atomic mass is 19.4. The van der Waals surface area contributed by atoms with Gasteiger partial charge in [-0.05, 0) is 19.1 Å². The van der Waals surface area contributed by atoms with Gasteiger partial charge in [0.25, 0.3) is 0 Å². The number of ketones is 1. The maximum Gasteiger partial charge on any atom is 0.416 e. The second-order valence-electron chi connectivity index (χ2n) is 4.77. The smallest absolute Gasteiger partial charge is 0.380 e. The summed E-state index contributed by atoms with van der Waals surface area (Å²) >= 11 is 0. The average molecular weight is 313 g/mol. The largest absolute Gasteiger partial charge is 0.416 e. The molecule has 118 valence electrons. The highest BCUT2D eigenvalue weighted by molar-refractivity contribution is 5.94. The van der Waals surface area contributed by atoms with Crippen LogP contribution in [0.4, 0.5) is 13.2 Å². The Morgan fingerprint density at radius 2 is 2.05 bits per heavy atom. The van der Waals surface area contributed by atoms with E-state index in [4.69, 9.17) is 4.74 Å². The molecule has 2 rings (SSSR count). The van der Waals surface area contributed by atoms with Gasteiger partial charge in [-0.1, -0.05) is 0 Å². The summed E-state index contributed by atoms with van der Waals surface area (Å²) in [5.74, 6) is -0.388. The van der Waals surface area contributed by atoms with Crippen molar-refractivity contribution in [3.05, 3.63) is 40.8 Å². The first-order valence-electron chi connectivity index (χ1n) is 6.37. The van der Waals surface area contributed by atoms with Gasteiger partial charge in [-0.15, -0.1) is 0 Å². The van der Waals surface area contributed by atoms with E-state index in [1.165, 1.54) is 27.2 Å². The number of nitrogens with zero attached hydrogens (tertiary/aromatic N) is 3. The quantitative estimate of drug-likeness (QED) is 0.814. The number of rotatable bonds is 4. The van der Waals surface area contributed by atoms with Crippen molar-refractivity contribution in [3.8, 4) is 5.82 Å². The number of ether oxygens (including phenoxy) is 1. The molecule has 0 bridgehead atoms. The van der Waals surface area contributed by atoms with Crippen LogP contribution < -0.4 is 0 Å². The van der Waals surface area contributed by atoms with Gasteiger partial charge in [0, 0.05) is 25.3 Å². The highest BCUT2D eigenvalue weighted by Gasteiger charge is 2.32. The molecule has 0 N–H and O–H groups in total. The fourth-order valence-corrected chi connectivity index (χ4v) is 2.12. The minimum atomic E-state index is -4.50. The Hall–Kier alpha value is -2.22. The summed E-state index contributed by atoms with van der Waals surface area (Å²) in [6.07, 6.45) is -3.11. The first-order valence-corrected chi connectivity index (χ1v) is 6.37. The van der Waals surface area contributed by atoms with E-state index in [1.54, 1.807) is 0 Å². The van der Waals surface area contributed by atoms with Crippen molar-refractivity contribution in [3.63, 3.8) is 0 Å². The molecule has 8 heteroatoms. The summed E-state index contributed by atoms with van der Waals surface area (Å²) in [6, 6.07) is 1.81. The molecule has 2 heterocycles. The number of hydrogen-bond donors (Lipinski definition) is 0. The van der Waals surface area contributed by atoms with Gasteiger partial charge in [0.2, 0.25) is 0 Å². The average Bonchev–Trinajstić information content (AvgIpc) is 2.81. The minimum absolute atomic E-state index is 0.0557. The topological polar surface area (TPSA) is 57.0 Å². The molecule has 0 fully saturated rings. The van der Waals surface area contributed by atoms with E-state index in [0.717, 1.165) is 16.8 Å². The Kier molecular flexibility index (Phi) is 4.32. The first-order chi connectivity index (χ1) is 10.2. The first kappa shape index (κ1) is 16.2. The molecule has 0 aliphatic heterocycles. The molecule has 0 saturated heterocycles. The van der Waals surface area contributed by atoms with E-state index in [2.05, 4.69) is 10.1 Å². The molecular weight excluding hydrogens is 299 g/mol. The number of carbonyl (C=O) groups excluding carboxylic acids is 1. The Balaban J connectivity index is 2.62. The third kappa shape index (κ3) is 3.16. The van der Waals surface area contributed by atoms with Gasteiger partial charge in [0.1, 0.15) is 5.69 Å². The van der Waals surface area contributed by atoms with Gasteiger partial charge in [0.15, 0.2) is 11.6 Å². The van der Waals surface area contributed by atoms with Crippen LogP contribution in [-0.4, -0.2) is 27.7 Å². The highest BCUT2D eigenvalue weighted by Crippen LogP contribution is 2.30. The molecule has 5 nitrogen and oxygen atoms in total. The zero-order valence-corrected chi connectivity index (χ0v) is 12.2. The molecule has 0 saturated carbocycles. The van der Waals surface area contributed by atoms with Crippen LogP contribution in [-0.2, 0) is 17.5 Å². The molecule has 0 spiro atoms. The molecule has 0 aliphatic rings. The summed E-state index contributed by atoms with van der Waals surface area (Å²) in [6.45, 7) is 2.89. The van der Waals surface area contributed by atoms with Crippen molar-refractivity contribution in [2.24, 2.45) is 0 Å². The van der Waals surface area contributed by atoms with E-state index in [9.17, 15) is 18.0 Å². The van der Waals surface area contributed by atoms with Gasteiger partial charge in [-0.3, -0.25) is 4.79 Å². The van der Waals surface area contributed by atoms with E-state index < -0.39 is 11.7 Å². The summed E-state index contributed by atoms with van der Waals surface area (Å²) in [7, 11) is 1.45. The number of methoxy groups -OCH3 is 1. The molecule has 0 aliphatic carbocycles. The van der Waals surface area contributed by atoms with Crippen LogP contribution in [0.25, 0.3) is 5.82 Å². The molecule has 0 amide bonds. The van der Waals surface area contributed by atoms with E-state index in [1.807, 2.05) is 0 Å². The number of aromatic nitrogens is 3. The van der Waals surface area contributed by atoms with Crippen LogP contribution in [0.15, 0.2) is 18.3 Å². The van der Waals surface area contributed by atoms with E-state index in [-0.39, 0.29) is 29.6 Å². The minimum Gasteiger partial charge on any atom is -0.380 e. The van der Waals surface area contributed by atoms with E-state index in [0.29, 0.717) is 5.56 Å². The monoisotopic (exact) mass is 313 g/mol. The summed E-state index contributed by atoms with van der Waals surface area (Å²) in [4.78, 5) is 15.8. The second-order valence-corrected chi connectivity index (χ2v) is 4.77. The Labute approximate surface area is 124 Å². The van der Waals surface area contributed by atoms with Gasteiger partial charge >= 0.3 is 6.18 Å². The lowest BCUT2D eigenvalue weighted by molar-refractivity contribution is -0.137. The number of pyridine rings is 1. The van der Waals surface area contributed by atoms with Gasteiger partial charge < -0.3 is 4.74 Å². The van der Waals surface area contributed by atoms with Gasteiger partial charge in [-0.2, -0.15) is 18.3 Å². The van der Waals surface area contributed by atoms with Crippen LogP contribution in [0.5, 0.6) is 0 Å². The zero-order valence-electron chi connectivity index (χ0n) is 12.2. The molecule has 0 radical (unpaired) electrons. The van der Waals surface area contributed by atoms with Crippen LogP contribution in [0.1, 0.15) is 34.2 Å². The van der Waals surface area contributed by atoms with E-state index >= 15 is 0 Å². The third-order valence-electron chi connectivity index (χ3n) is 2.96. The summed E-state index contributed by atoms with van der Waals surface area (Å²) in [5.41, 5.74) is -0.00338. The molecule has 0 unspecified atom stereocenters. The maximum absolute atomic E-state index is 12.9. The van der Waals surface area contributed by atoms with Gasteiger partial charge in [-0.25, -0.2) is 9.67 Å². The summed E-state index contributed by atoms with van der Waals surface area (Å²) in [5, 5.41) is 3.98. The maximum atomic E-state index is 12.9.